The Morgan fingerprint density at radius 1 is 0.619 bits per heavy atom. The minimum absolute atomic E-state index is 0.0256. The first kappa shape index (κ1) is 92.2. The summed E-state index contributed by atoms with van der Waals surface area (Å²) in [6, 6.07) is 76.1. The van der Waals surface area contributed by atoms with Crippen LogP contribution in [0.3, 0.4) is 0 Å². The normalized spacial score (nSPS) is 11.2. The number of thioether (sulfide) groups is 2. The van der Waals surface area contributed by atoms with Gasteiger partial charge in [-0.3, -0.25) is 43.7 Å². The second kappa shape index (κ2) is 48.9. The molecule has 0 bridgehead atoms. The van der Waals surface area contributed by atoms with Crippen molar-refractivity contribution in [3.63, 3.8) is 0 Å². The van der Waals surface area contributed by atoms with Crippen LogP contribution in [0.4, 0.5) is 33.8 Å². The van der Waals surface area contributed by atoms with Crippen molar-refractivity contribution < 1.29 is 66.5 Å². The van der Waals surface area contributed by atoms with Gasteiger partial charge < -0.3 is 70.0 Å². The van der Waals surface area contributed by atoms with Gasteiger partial charge in [-0.25, -0.2) is 15.0 Å². The lowest BCUT2D eigenvalue weighted by molar-refractivity contribution is -0.143. The molecule has 0 aliphatic carbocycles. The lowest BCUT2D eigenvalue weighted by Gasteiger charge is -2.12. The molecule has 0 saturated heterocycles. The summed E-state index contributed by atoms with van der Waals surface area (Å²) < 4.78 is 32.3. The molecule has 0 saturated carbocycles. The molecule has 5 amide bonds. The largest absolute Gasteiger partial charge is 0.494 e. The van der Waals surface area contributed by atoms with E-state index in [1.54, 1.807) is 72.3 Å². The Morgan fingerprint density at radius 2 is 1.31 bits per heavy atom. The number of esters is 1. The highest BCUT2D eigenvalue weighted by atomic mass is 32.2. The maximum Gasteiger partial charge on any atom is 0.325 e. The summed E-state index contributed by atoms with van der Waals surface area (Å²) in [6.45, 7) is 10.2. The molecular weight excluding hydrogens is 1650 g/mol. The van der Waals surface area contributed by atoms with Crippen LogP contribution in [0, 0.1) is 13.8 Å². The number of amides is 5. The molecule has 29 heteroatoms. The number of para-hydroxylation sites is 4. The second-order valence-electron chi connectivity index (χ2n) is 27.9. The van der Waals surface area contributed by atoms with Gasteiger partial charge in [0.25, 0.3) is 23.5 Å². The number of nitrogens with zero attached hydrogens (tertiary/aromatic N) is 3. The smallest absolute Gasteiger partial charge is 0.325 e. The van der Waals surface area contributed by atoms with Crippen molar-refractivity contribution in [3.05, 3.63) is 323 Å². The molecule has 0 atom stereocenters. The number of imidazole rings is 1. The highest BCUT2D eigenvalue weighted by molar-refractivity contribution is 8.00. The molecule has 0 unspecified atom stereocenters. The minimum atomic E-state index is -0.681. The number of ketones is 2. The van der Waals surface area contributed by atoms with Gasteiger partial charge in [0, 0.05) is 105 Å². The molecule has 9 N–H and O–H groups in total. The van der Waals surface area contributed by atoms with Crippen LogP contribution in [-0.2, 0) is 64.4 Å². The van der Waals surface area contributed by atoms with Gasteiger partial charge in [0.15, 0.2) is 23.2 Å². The Morgan fingerprint density at radius 3 is 2.04 bits per heavy atom. The molecule has 26 nitrogen and oxygen atoms in total. The number of anilines is 6. The minimum Gasteiger partial charge on any atom is -0.494 e. The molecule has 6 heterocycles. The Hall–Kier alpha value is -14.6. The molecule has 0 radical (unpaired) electrons. The van der Waals surface area contributed by atoms with Crippen LogP contribution in [0.1, 0.15) is 81.9 Å². The van der Waals surface area contributed by atoms with E-state index in [4.69, 9.17) is 28.1 Å². The van der Waals surface area contributed by atoms with E-state index in [0.717, 1.165) is 101 Å². The van der Waals surface area contributed by atoms with Crippen LogP contribution in [0.5, 0.6) is 23.0 Å². The van der Waals surface area contributed by atoms with Crippen LogP contribution < -0.4 is 56.2 Å². The number of hydrogen-bond acceptors (Lipinski definition) is 22. The Bertz CT molecular complexity index is 5850. The number of aryl methyl sites for hydroxylation is 2. The number of benzene rings is 9. The summed E-state index contributed by atoms with van der Waals surface area (Å²) in [5, 5.41) is 24.9. The van der Waals surface area contributed by atoms with Crippen LogP contribution in [0.25, 0.3) is 33.5 Å². The van der Waals surface area contributed by atoms with Crippen molar-refractivity contribution in [1.82, 2.24) is 35.6 Å². The number of fused-ring (bicyclic) bond motifs is 3. The first-order valence-electron chi connectivity index (χ1n) is 40.4. The number of aromatic nitrogens is 5. The predicted octanol–water partition coefficient (Wildman–Crippen LogP) is 18.2. The number of nitrogens with one attached hydrogen (secondary N) is 9. The maximum atomic E-state index is 12.3. The van der Waals surface area contributed by atoms with Crippen molar-refractivity contribution in [2.45, 2.75) is 71.7 Å². The summed E-state index contributed by atoms with van der Waals surface area (Å²) in [5.41, 5.74) is 12.9. The van der Waals surface area contributed by atoms with E-state index in [0.29, 0.717) is 90.8 Å². The van der Waals surface area contributed by atoms with Crippen molar-refractivity contribution in [2.24, 2.45) is 0 Å². The van der Waals surface area contributed by atoms with Gasteiger partial charge in [-0.15, -0.1) is 11.3 Å². The first-order chi connectivity index (χ1) is 61.4. The van der Waals surface area contributed by atoms with Crippen molar-refractivity contribution in [3.8, 4) is 23.0 Å². The molecular formula is C97H96N12O14S3. The van der Waals surface area contributed by atoms with Crippen molar-refractivity contribution >= 4 is 149 Å². The lowest BCUT2D eigenvalue weighted by Crippen LogP contribution is -2.28. The summed E-state index contributed by atoms with van der Waals surface area (Å²) in [4.78, 5) is 115. The first-order valence-corrected chi connectivity index (χ1v) is 43.4. The van der Waals surface area contributed by atoms with Gasteiger partial charge in [0.05, 0.1) is 66.9 Å². The van der Waals surface area contributed by atoms with Crippen LogP contribution in [0.15, 0.2) is 282 Å². The molecule has 0 fully saturated rings. The molecule has 9 aromatic carbocycles. The molecule has 15 rings (SSSR count). The molecule has 1 aliphatic heterocycles. The number of carbonyl (C=O) groups excluding carboxylic acids is 8. The molecule has 646 valence electrons. The van der Waals surface area contributed by atoms with E-state index >= 15 is 0 Å². The van der Waals surface area contributed by atoms with Gasteiger partial charge in [-0.1, -0.05) is 151 Å². The zero-order valence-corrected chi connectivity index (χ0v) is 72.5. The maximum absolute atomic E-state index is 12.3. The Balaban J connectivity index is 0.000000154. The molecule has 1 aliphatic rings. The standard InChI is InChI=1S/C25H22N2O4.C23H29NO4S.C19H20N4O2.C17H16N2O2S.C13H9N3O2S/c1-30-23-14-18(13-20-19-9-5-6-10-21(19)27-25(20)29)11-12-22(23)31-16-24(28)26-15-17-7-3-2-4-8-17;1-3-27-21-9-5-18(6-10-21)17-20(25)13-15-29-16-14-23(26)24-19-7-11-22(12-8-19)28-4-2;1-14-7-9-15(10-8-14)20-12-18(24)25-13-17-11-21-19(23-17)22-16-5-3-2-4-6-16;1-12-9-17(19-15-7-3-2-6-14(12)15)22-11-16(20)18-10-13-5-4-8-21-13;17-11(12(18)16-13-14-5-6-19-13)9-7-15-10-4-2-1-3-8(9)10/h2-14H,15-16H2,1H3,(H,26,28)(H,27,29);5-12H,3-4,13-17H2,1-2H3,(H,24,26);2-11,20H,12-13H2,1H3,(H2,21,22,23);2-9H,10-11H2,1H3,(H,18,20);1-7,15H,(H,14,16,18)/b20-13+;;;;. The number of pyridine rings is 1. The fourth-order valence-electron chi connectivity index (χ4n) is 12.2. The van der Waals surface area contributed by atoms with E-state index in [1.165, 1.54) is 41.3 Å². The Kier molecular flexibility index (Phi) is 35.8. The van der Waals surface area contributed by atoms with Gasteiger partial charge in [-0.05, 0) is 165 Å². The topological polar surface area (TPSA) is 350 Å². The number of furan rings is 1. The van der Waals surface area contributed by atoms with Gasteiger partial charge >= 0.3 is 5.97 Å². The molecule has 14 aromatic rings. The summed E-state index contributed by atoms with van der Waals surface area (Å²) in [7, 11) is 1.53. The van der Waals surface area contributed by atoms with Crippen LogP contribution >= 0.6 is 34.9 Å². The van der Waals surface area contributed by atoms with E-state index in [2.05, 4.69) is 75.1 Å². The summed E-state index contributed by atoms with van der Waals surface area (Å²) >= 11 is 4.33. The van der Waals surface area contributed by atoms with E-state index < -0.39 is 11.7 Å². The van der Waals surface area contributed by atoms with Crippen LogP contribution in [-0.4, -0.2) is 123 Å². The highest BCUT2D eigenvalue weighted by Gasteiger charge is 2.25. The lowest BCUT2D eigenvalue weighted by atomic mass is 10.0. The number of carbonyl (C=O) groups is 8. The van der Waals surface area contributed by atoms with Gasteiger partial charge in [0.2, 0.25) is 17.8 Å². The third-order valence-corrected chi connectivity index (χ3v) is 21.1. The highest BCUT2D eigenvalue weighted by Crippen LogP contribution is 2.36. The summed E-state index contributed by atoms with van der Waals surface area (Å²) in [5.74, 6) is 3.86. The third-order valence-electron chi connectivity index (χ3n) is 18.5. The number of Topliss-reactive ketones (excluding diaryl/α,β-unsaturated/α-hetero) is 2. The van der Waals surface area contributed by atoms with E-state index in [9.17, 15) is 38.4 Å². The average molecular weight is 1750 g/mol. The van der Waals surface area contributed by atoms with Crippen LogP contribution in [0.2, 0.25) is 0 Å². The zero-order valence-electron chi connectivity index (χ0n) is 70.0. The fourth-order valence-corrected chi connectivity index (χ4v) is 14.4. The van der Waals surface area contributed by atoms with E-state index in [1.807, 2.05) is 233 Å². The number of methoxy groups -OCH3 is 1. The fraction of sp³-hybridized carbons (Fsp3) is 0.186. The number of rotatable bonds is 35. The quantitative estimate of drug-likeness (QED) is 0.00445. The number of aromatic amines is 2. The third kappa shape index (κ3) is 29.9. The zero-order chi connectivity index (χ0) is 88.6. The SMILES string of the molecule is CCOc1ccc(CC(=O)CCSCCC(=O)Nc2ccc(OCC)cc2)cc1.COc1cc(/C=C2/C(=O)Nc3ccccc32)ccc1OCC(=O)NCc1ccccc1.Cc1cc(SCC(=O)NCc2ccco2)nc2ccccc12.Cc1ccc(NCC(=O)OCc2cnc(Nc3ccccc3)[nH]2)cc1.O=C(Nc1nccs1)C(=O)c1c[nH]c2ccccc12. The van der Waals surface area contributed by atoms with Crippen molar-refractivity contribution in [1.29, 1.82) is 0 Å². The summed E-state index contributed by atoms with van der Waals surface area (Å²) in [6.07, 6.45) is 9.53. The van der Waals surface area contributed by atoms with Gasteiger partial charge in [-0.2, -0.15) is 11.8 Å². The predicted molar refractivity (Wildman–Crippen MR) is 498 cm³/mol. The number of thiazole rings is 1. The second-order valence-corrected chi connectivity index (χ2v) is 31.0. The molecule has 5 aromatic heterocycles. The van der Waals surface area contributed by atoms with Crippen molar-refractivity contribution in [2.75, 3.05) is 77.3 Å². The average Bonchev–Trinajstić information content (AvgIpc) is 1.66. The Labute approximate surface area is 741 Å². The molecule has 126 heavy (non-hydrogen) atoms. The molecule has 0 spiro atoms. The monoisotopic (exact) mass is 1750 g/mol. The van der Waals surface area contributed by atoms with E-state index in [-0.39, 0.29) is 55.1 Å². The number of ether oxygens (including phenoxy) is 5. The number of H-pyrrole nitrogens is 2. The number of hydrogen-bond donors (Lipinski definition) is 9. The van der Waals surface area contributed by atoms with Gasteiger partial charge in [0.1, 0.15) is 36.2 Å².